The number of fused-ring (bicyclic) bond motifs is 3. The number of quaternary nitrogens is 1. The number of hydrogen-bond donors (Lipinski definition) is 3. The molecule has 1 atom stereocenters. The number of aliphatic imine (C=N–C) groups is 1. The van der Waals surface area contributed by atoms with E-state index < -0.39 is 6.17 Å². The number of allylic oxidation sites excluding steroid dienone is 1. The Hall–Kier alpha value is -6.95. The molecule has 5 heteroatoms. The zero-order chi connectivity index (χ0) is 37.0. The largest absolute Gasteiger partial charge is 0.383 e. The SMILES string of the molecule is C=C(NC(/N=C(\N)c1ccccc1)c1ccc(-c2ccc(-c3ccccc3)c(/C=C\C)c2[NH3+])cc1)c1ccc(-n2c3ccccc3c3ccccc32)cc1. The summed E-state index contributed by atoms with van der Waals surface area (Å²) in [5.74, 6) is 0.444. The molecule has 0 aliphatic rings. The van der Waals surface area contributed by atoms with Crippen molar-refractivity contribution < 1.29 is 5.73 Å². The van der Waals surface area contributed by atoms with Crippen LogP contribution in [0.5, 0.6) is 0 Å². The highest BCUT2D eigenvalue weighted by Crippen LogP contribution is 2.37. The molecular weight excluding hydrogens is 659 g/mol. The van der Waals surface area contributed by atoms with Crippen molar-refractivity contribution in [2.75, 3.05) is 0 Å². The second-order valence-corrected chi connectivity index (χ2v) is 13.4. The fourth-order valence-corrected chi connectivity index (χ4v) is 7.28. The first kappa shape index (κ1) is 34.2. The fourth-order valence-electron chi connectivity index (χ4n) is 7.28. The van der Waals surface area contributed by atoms with E-state index in [-0.39, 0.29) is 0 Å². The Labute approximate surface area is 316 Å². The van der Waals surface area contributed by atoms with Crippen LogP contribution in [-0.4, -0.2) is 10.4 Å². The Morgan fingerprint density at radius 3 is 1.83 bits per heavy atom. The highest BCUT2D eigenvalue weighted by Gasteiger charge is 2.18. The number of amidine groups is 1. The predicted molar refractivity (Wildman–Crippen MR) is 227 cm³/mol. The average molecular weight is 701 g/mol. The maximum Gasteiger partial charge on any atom is 0.147 e. The molecule has 0 bridgehead atoms. The lowest BCUT2D eigenvalue weighted by molar-refractivity contribution is -0.254. The molecule has 0 fully saturated rings. The third-order valence-corrected chi connectivity index (χ3v) is 10.0. The van der Waals surface area contributed by atoms with Gasteiger partial charge in [-0.2, -0.15) is 0 Å². The molecule has 0 saturated heterocycles. The first-order valence-corrected chi connectivity index (χ1v) is 18.2. The summed E-state index contributed by atoms with van der Waals surface area (Å²) in [6, 6.07) is 58.7. The number of hydrogen-bond acceptors (Lipinski definition) is 2. The Balaban J connectivity index is 1.11. The Morgan fingerprint density at radius 1 is 0.648 bits per heavy atom. The molecule has 54 heavy (non-hydrogen) atoms. The van der Waals surface area contributed by atoms with Crippen LogP contribution in [0.25, 0.3) is 61.5 Å². The van der Waals surface area contributed by atoms with Gasteiger partial charge in [0.2, 0.25) is 0 Å². The van der Waals surface area contributed by atoms with Crippen molar-refractivity contribution in [2.45, 2.75) is 13.1 Å². The predicted octanol–water partition coefficient (Wildman–Crippen LogP) is 10.7. The molecule has 0 amide bonds. The van der Waals surface area contributed by atoms with Crippen LogP contribution < -0.4 is 16.8 Å². The van der Waals surface area contributed by atoms with Gasteiger partial charge < -0.3 is 21.4 Å². The van der Waals surface area contributed by atoms with E-state index in [1.54, 1.807) is 0 Å². The minimum Gasteiger partial charge on any atom is -0.383 e. The third-order valence-electron chi connectivity index (χ3n) is 10.0. The van der Waals surface area contributed by atoms with Crippen LogP contribution in [0.1, 0.15) is 35.3 Å². The van der Waals surface area contributed by atoms with E-state index in [4.69, 9.17) is 10.7 Å². The van der Waals surface area contributed by atoms with Gasteiger partial charge in [0.25, 0.3) is 0 Å². The molecule has 0 radical (unpaired) electrons. The summed E-state index contributed by atoms with van der Waals surface area (Å²) >= 11 is 0. The van der Waals surface area contributed by atoms with Crippen LogP contribution in [0.4, 0.5) is 5.69 Å². The zero-order valence-electron chi connectivity index (χ0n) is 30.3. The van der Waals surface area contributed by atoms with Crippen molar-refractivity contribution in [3.8, 4) is 27.9 Å². The number of para-hydroxylation sites is 2. The molecule has 1 aromatic heterocycles. The van der Waals surface area contributed by atoms with Gasteiger partial charge in [0.15, 0.2) is 0 Å². The summed E-state index contributed by atoms with van der Waals surface area (Å²) in [5.41, 5.74) is 24.7. The number of nitrogens with one attached hydrogen (secondary N) is 1. The van der Waals surface area contributed by atoms with Gasteiger partial charge in [0, 0.05) is 38.8 Å². The average Bonchev–Trinajstić information content (AvgIpc) is 3.56. The Kier molecular flexibility index (Phi) is 9.46. The van der Waals surface area contributed by atoms with Crippen LogP contribution in [0.2, 0.25) is 0 Å². The normalized spacial score (nSPS) is 12.4. The Bertz CT molecular complexity index is 2600. The molecule has 0 saturated carbocycles. The molecule has 8 aromatic rings. The van der Waals surface area contributed by atoms with Gasteiger partial charge in [-0.25, -0.2) is 4.99 Å². The molecule has 8 rings (SSSR count). The number of nitrogens with zero attached hydrogens (tertiary/aromatic N) is 2. The first-order chi connectivity index (χ1) is 26.5. The number of aromatic nitrogens is 1. The first-order valence-electron chi connectivity index (χ1n) is 18.2. The van der Waals surface area contributed by atoms with E-state index in [0.29, 0.717) is 5.84 Å². The van der Waals surface area contributed by atoms with Crippen molar-refractivity contribution >= 4 is 45.1 Å². The van der Waals surface area contributed by atoms with Crippen LogP contribution in [0.15, 0.2) is 188 Å². The van der Waals surface area contributed by atoms with Gasteiger partial charge >= 0.3 is 0 Å². The molecule has 1 heterocycles. The van der Waals surface area contributed by atoms with E-state index in [0.717, 1.165) is 56.0 Å². The molecule has 262 valence electrons. The second-order valence-electron chi connectivity index (χ2n) is 13.4. The minimum absolute atomic E-state index is 0.444. The number of rotatable bonds is 10. The monoisotopic (exact) mass is 700 g/mol. The molecule has 1 unspecified atom stereocenters. The van der Waals surface area contributed by atoms with Crippen LogP contribution in [-0.2, 0) is 0 Å². The van der Waals surface area contributed by atoms with Crippen molar-refractivity contribution in [1.82, 2.24) is 9.88 Å². The summed E-state index contributed by atoms with van der Waals surface area (Å²) in [5, 5.41) is 6.07. The highest BCUT2D eigenvalue weighted by atomic mass is 15.1. The molecule has 7 aromatic carbocycles. The smallest absolute Gasteiger partial charge is 0.147 e. The van der Waals surface area contributed by atoms with E-state index in [9.17, 15) is 0 Å². The zero-order valence-corrected chi connectivity index (χ0v) is 30.3. The van der Waals surface area contributed by atoms with Gasteiger partial charge in [-0.05, 0) is 65.1 Å². The van der Waals surface area contributed by atoms with Gasteiger partial charge in [0.05, 0.1) is 11.0 Å². The van der Waals surface area contributed by atoms with Crippen molar-refractivity contribution in [3.63, 3.8) is 0 Å². The maximum atomic E-state index is 6.62. The summed E-state index contributed by atoms with van der Waals surface area (Å²) in [4.78, 5) is 5.01. The summed E-state index contributed by atoms with van der Waals surface area (Å²) in [6.07, 6.45) is 3.73. The van der Waals surface area contributed by atoms with E-state index in [2.05, 4.69) is 168 Å². The van der Waals surface area contributed by atoms with Crippen molar-refractivity contribution in [2.24, 2.45) is 10.7 Å². The minimum atomic E-state index is -0.484. The quantitative estimate of drug-likeness (QED) is 0.0980. The van der Waals surface area contributed by atoms with Gasteiger partial charge in [0.1, 0.15) is 17.7 Å². The lowest BCUT2D eigenvalue weighted by atomic mass is 9.92. The molecule has 0 aliphatic heterocycles. The van der Waals surface area contributed by atoms with Crippen LogP contribution >= 0.6 is 0 Å². The molecule has 6 N–H and O–H groups in total. The molecule has 0 aliphatic carbocycles. The standard InChI is InChI=1S/C49H41N5/c1-3-14-44-40(35-15-6-4-7-16-35)31-32-41(47(44)50)36-23-25-38(26-24-36)49(53-48(51)37-17-8-5-9-18-37)52-33(2)34-27-29-39(30-28-34)54-45-21-12-10-19-42(45)43-20-11-13-22-46(43)54/h3-32,49,52H,2,50H2,1H3,(H2,51,53)/p+1/b14-3-. The van der Waals surface area contributed by atoms with Crippen molar-refractivity contribution in [1.29, 1.82) is 0 Å². The lowest BCUT2D eigenvalue weighted by Crippen LogP contribution is -2.42. The highest BCUT2D eigenvalue weighted by molar-refractivity contribution is 6.09. The Morgan fingerprint density at radius 2 is 1.20 bits per heavy atom. The van der Waals surface area contributed by atoms with Crippen molar-refractivity contribution in [3.05, 3.63) is 205 Å². The fraction of sp³-hybridized carbons (Fsp3) is 0.0408. The van der Waals surface area contributed by atoms with E-state index in [1.165, 1.54) is 27.4 Å². The third kappa shape index (κ3) is 6.60. The molecule has 5 nitrogen and oxygen atoms in total. The molecule has 0 spiro atoms. The van der Waals surface area contributed by atoms with Gasteiger partial charge in [-0.1, -0.05) is 158 Å². The summed E-state index contributed by atoms with van der Waals surface area (Å²) in [6.45, 7) is 6.50. The lowest BCUT2D eigenvalue weighted by Gasteiger charge is -2.20. The maximum absolute atomic E-state index is 6.62. The summed E-state index contributed by atoms with van der Waals surface area (Å²) < 4.78 is 2.31. The van der Waals surface area contributed by atoms with Crippen LogP contribution in [0.3, 0.4) is 0 Å². The van der Waals surface area contributed by atoms with Gasteiger partial charge in [-0.3, -0.25) is 0 Å². The second kappa shape index (κ2) is 15.0. The number of nitrogens with two attached hydrogens (primary N) is 1. The van der Waals surface area contributed by atoms with Crippen LogP contribution in [0, 0.1) is 0 Å². The summed E-state index contributed by atoms with van der Waals surface area (Å²) in [7, 11) is 0. The topological polar surface area (TPSA) is 83.0 Å². The van der Waals surface area contributed by atoms with E-state index >= 15 is 0 Å². The van der Waals surface area contributed by atoms with Gasteiger partial charge in [-0.15, -0.1) is 0 Å². The molecular formula is C49H42N5+. The van der Waals surface area contributed by atoms with E-state index in [1.807, 2.05) is 43.3 Å². The number of benzene rings is 7.